The molecule has 0 saturated carbocycles. The van der Waals surface area contributed by atoms with Crippen LogP contribution in [0, 0.1) is 0 Å². The molecule has 3 N–H and O–H groups in total. The second-order valence-corrected chi connectivity index (χ2v) is 8.29. The van der Waals surface area contributed by atoms with Crippen LogP contribution < -0.4 is 16.0 Å². The van der Waals surface area contributed by atoms with Gasteiger partial charge in [0.25, 0.3) is 5.91 Å². The number of hydrogen-bond donors (Lipinski definition) is 3. The maximum Gasteiger partial charge on any atom is 0.251 e. The number of rotatable bonds is 9. The molecule has 9 heteroatoms. The molecule has 1 atom stereocenters. The lowest BCUT2D eigenvalue weighted by Crippen LogP contribution is -2.46. The van der Waals surface area contributed by atoms with Crippen LogP contribution in [0.25, 0.3) is 0 Å². The first-order chi connectivity index (χ1) is 15.2. The van der Waals surface area contributed by atoms with Crippen molar-refractivity contribution in [2.24, 2.45) is 4.99 Å². The van der Waals surface area contributed by atoms with E-state index in [0.717, 1.165) is 50.9 Å². The summed E-state index contributed by atoms with van der Waals surface area (Å²) in [5.74, 6) is 0.750. The highest BCUT2D eigenvalue weighted by Gasteiger charge is 2.23. The van der Waals surface area contributed by atoms with E-state index >= 15 is 0 Å². The molecule has 176 valence electrons. The van der Waals surface area contributed by atoms with Crippen molar-refractivity contribution in [3.8, 4) is 0 Å². The van der Waals surface area contributed by atoms with Gasteiger partial charge in [-0.3, -0.25) is 9.69 Å². The van der Waals surface area contributed by atoms with Gasteiger partial charge in [-0.15, -0.1) is 35.3 Å². The molecule has 1 aliphatic rings. The maximum atomic E-state index is 11.9. The number of thiophene rings is 1. The number of morpholine rings is 1. The van der Waals surface area contributed by atoms with Crippen molar-refractivity contribution in [2.75, 3.05) is 45.9 Å². The topological polar surface area (TPSA) is 78.0 Å². The molecule has 1 aromatic heterocycles. The van der Waals surface area contributed by atoms with E-state index in [4.69, 9.17) is 9.73 Å². The Morgan fingerprint density at radius 3 is 2.44 bits per heavy atom. The number of hydrogen-bond acceptors (Lipinski definition) is 5. The van der Waals surface area contributed by atoms with Gasteiger partial charge in [0.2, 0.25) is 0 Å². The fourth-order valence-electron chi connectivity index (χ4n) is 3.51. The molecule has 1 saturated heterocycles. The summed E-state index contributed by atoms with van der Waals surface area (Å²) in [5.41, 5.74) is 1.73. The molecule has 2 heterocycles. The third-order valence-corrected chi connectivity index (χ3v) is 6.11. The summed E-state index contributed by atoms with van der Waals surface area (Å²) in [7, 11) is 0. The Hall–Kier alpha value is -1.69. The Morgan fingerprint density at radius 1 is 1.09 bits per heavy atom. The van der Waals surface area contributed by atoms with Gasteiger partial charge in [0.1, 0.15) is 0 Å². The zero-order chi connectivity index (χ0) is 21.9. The largest absolute Gasteiger partial charge is 0.379 e. The average Bonchev–Trinajstić information content (AvgIpc) is 3.33. The Labute approximate surface area is 212 Å². The molecular formula is C23H34IN5O2S. The first-order valence-electron chi connectivity index (χ1n) is 11.0. The minimum absolute atomic E-state index is 0. The highest BCUT2D eigenvalue weighted by atomic mass is 127. The van der Waals surface area contributed by atoms with E-state index < -0.39 is 0 Å². The number of carbonyl (C=O) groups is 1. The Kier molecular flexibility index (Phi) is 12.0. The predicted molar refractivity (Wildman–Crippen MR) is 142 cm³/mol. The number of guanidine groups is 1. The molecule has 32 heavy (non-hydrogen) atoms. The third-order valence-electron chi connectivity index (χ3n) is 5.14. The predicted octanol–water partition coefficient (Wildman–Crippen LogP) is 3.24. The number of halogens is 1. The second-order valence-electron chi connectivity index (χ2n) is 7.31. The number of aliphatic imine (C=N–C) groups is 1. The smallest absolute Gasteiger partial charge is 0.251 e. The fraction of sp³-hybridized carbons (Fsp3) is 0.478. The van der Waals surface area contributed by atoms with Crippen LogP contribution in [0.15, 0.2) is 46.8 Å². The molecule has 3 rings (SSSR count). The van der Waals surface area contributed by atoms with E-state index in [2.05, 4.69) is 45.3 Å². The lowest BCUT2D eigenvalue weighted by molar-refractivity contribution is 0.0177. The van der Waals surface area contributed by atoms with Crippen LogP contribution in [0.4, 0.5) is 0 Å². The van der Waals surface area contributed by atoms with Crippen molar-refractivity contribution < 1.29 is 9.53 Å². The van der Waals surface area contributed by atoms with Crippen LogP contribution in [0.2, 0.25) is 0 Å². The summed E-state index contributed by atoms with van der Waals surface area (Å²) < 4.78 is 5.54. The van der Waals surface area contributed by atoms with Crippen molar-refractivity contribution in [1.82, 2.24) is 20.9 Å². The molecule has 1 unspecified atom stereocenters. The van der Waals surface area contributed by atoms with Gasteiger partial charge in [0, 0.05) is 43.2 Å². The highest BCUT2D eigenvalue weighted by Crippen LogP contribution is 2.25. The zero-order valence-corrected chi connectivity index (χ0v) is 21.9. The summed E-state index contributed by atoms with van der Waals surface area (Å²) in [6, 6.07) is 12.2. The van der Waals surface area contributed by atoms with Gasteiger partial charge < -0.3 is 20.7 Å². The normalized spacial score (nSPS) is 15.5. The number of ether oxygens (including phenoxy) is 1. The zero-order valence-electron chi connectivity index (χ0n) is 18.8. The summed E-state index contributed by atoms with van der Waals surface area (Å²) in [6.45, 7) is 10.2. The molecule has 0 spiro atoms. The van der Waals surface area contributed by atoms with Crippen LogP contribution in [0.5, 0.6) is 0 Å². The van der Waals surface area contributed by atoms with Gasteiger partial charge in [0.05, 0.1) is 25.8 Å². The number of nitrogens with one attached hydrogen (secondary N) is 3. The van der Waals surface area contributed by atoms with Crippen LogP contribution in [-0.2, 0) is 11.3 Å². The van der Waals surface area contributed by atoms with Gasteiger partial charge in [-0.1, -0.05) is 18.2 Å². The Morgan fingerprint density at radius 2 is 1.81 bits per heavy atom. The van der Waals surface area contributed by atoms with Gasteiger partial charge in [-0.05, 0) is 43.0 Å². The van der Waals surface area contributed by atoms with Crippen molar-refractivity contribution in [3.63, 3.8) is 0 Å². The van der Waals surface area contributed by atoms with Crippen molar-refractivity contribution in [3.05, 3.63) is 57.8 Å². The molecule has 1 aliphatic heterocycles. The van der Waals surface area contributed by atoms with Crippen LogP contribution in [0.1, 0.15) is 40.7 Å². The number of benzene rings is 1. The molecule has 0 radical (unpaired) electrons. The van der Waals surface area contributed by atoms with E-state index in [0.29, 0.717) is 24.7 Å². The number of carbonyl (C=O) groups excluding carboxylic acids is 1. The highest BCUT2D eigenvalue weighted by molar-refractivity contribution is 14.0. The molecule has 2 aromatic rings. The summed E-state index contributed by atoms with van der Waals surface area (Å²) in [4.78, 5) is 20.5. The first-order valence-corrected chi connectivity index (χ1v) is 11.8. The summed E-state index contributed by atoms with van der Waals surface area (Å²) >= 11 is 1.79. The standard InChI is InChI=1S/C23H33N5O2S.HI/c1-3-24-22(29)19-9-7-18(8-10-19)16-26-23(25-4-2)27-17-20(21-6-5-15-31-21)28-11-13-30-14-12-28;/h5-10,15,20H,3-4,11-14,16-17H2,1-2H3,(H,24,29)(H2,25,26,27);1H. The summed E-state index contributed by atoms with van der Waals surface area (Å²) in [5, 5.41) is 11.8. The molecule has 0 aliphatic carbocycles. The van der Waals surface area contributed by atoms with Crippen LogP contribution >= 0.6 is 35.3 Å². The molecule has 1 fully saturated rings. The Balaban J connectivity index is 0.00000363. The molecule has 1 aromatic carbocycles. The minimum Gasteiger partial charge on any atom is -0.379 e. The molecule has 0 bridgehead atoms. The van der Waals surface area contributed by atoms with E-state index in [1.807, 2.05) is 31.2 Å². The van der Waals surface area contributed by atoms with Gasteiger partial charge in [0.15, 0.2) is 5.96 Å². The van der Waals surface area contributed by atoms with Crippen molar-refractivity contribution in [2.45, 2.75) is 26.4 Å². The first kappa shape index (κ1) is 26.6. The van der Waals surface area contributed by atoms with Gasteiger partial charge in [-0.25, -0.2) is 4.99 Å². The van der Waals surface area contributed by atoms with Crippen LogP contribution in [0.3, 0.4) is 0 Å². The molecule has 1 amide bonds. The number of nitrogens with zero attached hydrogens (tertiary/aromatic N) is 2. The lowest BCUT2D eigenvalue weighted by Gasteiger charge is -2.34. The van der Waals surface area contributed by atoms with E-state index in [1.54, 1.807) is 11.3 Å². The fourth-order valence-corrected chi connectivity index (χ4v) is 4.37. The van der Waals surface area contributed by atoms with Gasteiger partial charge >= 0.3 is 0 Å². The quantitative estimate of drug-likeness (QED) is 0.245. The van der Waals surface area contributed by atoms with E-state index in [9.17, 15) is 4.79 Å². The average molecular weight is 572 g/mol. The maximum absolute atomic E-state index is 11.9. The lowest BCUT2D eigenvalue weighted by atomic mass is 10.1. The van der Waals surface area contributed by atoms with Crippen molar-refractivity contribution in [1.29, 1.82) is 0 Å². The third kappa shape index (κ3) is 8.02. The SMILES string of the molecule is CCNC(=O)c1ccc(CN=C(NCC)NCC(c2cccs2)N2CCOCC2)cc1.I. The summed E-state index contributed by atoms with van der Waals surface area (Å²) in [6.07, 6.45) is 0. The monoisotopic (exact) mass is 571 g/mol. The molecular weight excluding hydrogens is 537 g/mol. The minimum atomic E-state index is -0.0460. The van der Waals surface area contributed by atoms with E-state index in [-0.39, 0.29) is 29.9 Å². The van der Waals surface area contributed by atoms with Crippen LogP contribution in [-0.4, -0.2) is 62.7 Å². The molecule has 7 nitrogen and oxygen atoms in total. The van der Waals surface area contributed by atoms with E-state index in [1.165, 1.54) is 4.88 Å². The van der Waals surface area contributed by atoms with Crippen molar-refractivity contribution >= 4 is 47.2 Å². The number of amides is 1. The van der Waals surface area contributed by atoms with Gasteiger partial charge in [-0.2, -0.15) is 0 Å². The second kappa shape index (κ2) is 14.5. The Bertz CT molecular complexity index is 823.